The van der Waals surface area contributed by atoms with Gasteiger partial charge in [0.15, 0.2) is 5.69 Å². The number of hydrogen-bond acceptors (Lipinski definition) is 3. The van der Waals surface area contributed by atoms with Crippen LogP contribution in [0.3, 0.4) is 0 Å². The number of fused-ring (bicyclic) bond motifs is 1. The predicted molar refractivity (Wildman–Crippen MR) is 56.8 cm³/mol. The molecule has 0 saturated heterocycles. The Bertz CT molecular complexity index is 529. The van der Waals surface area contributed by atoms with Crippen LogP contribution in [0.15, 0.2) is 18.2 Å². The topological polar surface area (TPSA) is 44.1 Å². The number of carbonyl (C=O) groups excluding carboxylic acids is 1. The second-order valence-corrected chi connectivity index (χ2v) is 3.48. The zero-order valence-corrected chi connectivity index (χ0v) is 8.94. The van der Waals surface area contributed by atoms with E-state index in [1.54, 1.807) is 11.7 Å². The molecule has 0 spiro atoms. The van der Waals surface area contributed by atoms with Gasteiger partial charge in [0.1, 0.15) is 0 Å². The number of rotatable bonds is 1. The molecular formula is C11H12N2O2. The summed E-state index contributed by atoms with van der Waals surface area (Å²) in [5.74, 6) is -0.358. The molecule has 0 aliphatic carbocycles. The summed E-state index contributed by atoms with van der Waals surface area (Å²) in [5, 5.41) is 5.09. The molecule has 2 rings (SSSR count). The number of ether oxygens (including phenoxy) is 1. The fourth-order valence-electron chi connectivity index (χ4n) is 1.65. The van der Waals surface area contributed by atoms with E-state index >= 15 is 0 Å². The van der Waals surface area contributed by atoms with Crippen molar-refractivity contribution in [3.63, 3.8) is 0 Å². The van der Waals surface area contributed by atoms with Crippen molar-refractivity contribution < 1.29 is 9.53 Å². The van der Waals surface area contributed by atoms with Crippen LogP contribution in [0.5, 0.6) is 0 Å². The van der Waals surface area contributed by atoms with E-state index < -0.39 is 0 Å². The molecule has 0 saturated carbocycles. The van der Waals surface area contributed by atoms with Gasteiger partial charge in [0.2, 0.25) is 0 Å². The minimum Gasteiger partial charge on any atom is -0.464 e. The lowest BCUT2D eigenvalue weighted by Gasteiger charge is -1.99. The summed E-state index contributed by atoms with van der Waals surface area (Å²) in [7, 11) is 3.11. The van der Waals surface area contributed by atoms with Gasteiger partial charge < -0.3 is 4.74 Å². The van der Waals surface area contributed by atoms with Crippen LogP contribution in [0.4, 0.5) is 0 Å². The number of methoxy groups -OCH3 is 1. The molecule has 0 fully saturated rings. The SMILES string of the molecule is COC(=O)c1c2ccc(C)cc2nn1C. The molecule has 0 unspecified atom stereocenters. The summed E-state index contributed by atoms with van der Waals surface area (Å²) in [5.41, 5.74) is 2.43. The Hall–Kier alpha value is -1.84. The quantitative estimate of drug-likeness (QED) is 0.664. The second-order valence-electron chi connectivity index (χ2n) is 3.48. The Kier molecular flexibility index (Phi) is 2.19. The molecular weight excluding hydrogens is 192 g/mol. The summed E-state index contributed by atoms with van der Waals surface area (Å²) in [6.07, 6.45) is 0. The Balaban J connectivity index is 2.73. The van der Waals surface area contributed by atoms with Crippen LogP contribution in [0.25, 0.3) is 10.9 Å². The average molecular weight is 204 g/mol. The summed E-state index contributed by atoms with van der Waals surface area (Å²) in [6.45, 7) is 1.99. The zero-order chi connectivity index (χ0) is 11.0. The van der Waals surface area contributed by atoms with Gasteiger partial charge in [0, 0.05) is 12.4 Å². The Morgan fingerprint density at radius 2 is 2.20 bits per heavy atom. The number of benzene rings is 1. The van der Waals surface area contributed by atoms with Crippen LogP contribution in [-0.2, 0) is 11.8 Å². The van der Waals surface area contributed by atoms with Crippen molar-refractivity contribution in [2.24, 2.45) is 7.05 Å². The fourth-order valence-corrected chi connectivity index (χ4v) is 1.65. The minimum atomic E-state index is -0.358. The standard InChI is InChI=1S/C11H12N2O2/c1-7-4-5-8-9(6-7)12-13(2)10(8)11(14)15-3/h4-6H,1-3H3. The van der Waals surface area contributed by atoms with Gasteiger partial charge >= 0.3 is 5.97 Å². The van der Waals surface area contributed by atoms with Gasteiger partial charge in [0.05, 0.1) is 12.6 Å². The molecule has 15 heavy (non-hydrogen) atoms. The van der Waals surface area contributed by atoms with Crippen LogP contribution < -0.4 is 0 Å². The van der Waals surface area contributed by atoms with Gasteiger partial charge in [-0.15, -0.1) is 0 Å². The lowest BCUT2D eigenvalue weighted by molar-refractivity contribution is 0.0590. The third-order valence-electron chi connectivity index (χ3n) is 2.37. The number of nitrogens with zero attached hydrogens (tertiary/aromatic N) is 2. The van der Waals surface area contributed by atoms with E-state index in [0.29, 0.717) is 5.69 Å². The van der Waals surface area contributed by atoms with Crippen molar-refractivity contribution in [1.29, 1.82) is 0 Å². The van der Waals surface area contributed by atoms with E-state index in [0.717, 1.165) is 16.5 Å². The largest absolute Gasteiger partial charge is 0.464 e. The first-order valence-electron chi connectivity index (χ1n) is 4.65. The van der Waals surface area contributed by atoms with Crippen LogP contribution >= 0.6 is 0 Å². The number of carbonyl (C=O) groups is 1. The third kappa shape index (κ3) is 1.48. The van der Waals surface area contributed by atoms with Gasteiger partial charge in [0.25, 0.3) is 0 Å². The van der Waals surface area contributed by atoms with Crippen LogP contribution in [0, 0.1) is 6.92 Å². The van der Waals surface area contributed by atoms with E-state index in [4.69, 9.17) is 4.74 Å². The number of aromatic nitrogens is 2. The molecule has 2 aromatic rings. The monoisotopic (exact) mass is 204 g/mol. The lowest BCUT2D eigenvalue weighted by atomic mass is 10.1. The molecule has 0 N–H and O–H groups in total. The van der Waals surface area contributed by atoms with E-state index in [1.807, 2.05) is 25.1 Å². The van der Waals surface area contributed by atoms with Gasteiger partial charge in [-0.3, -0.25) is 4.68 Å². The van der Waals surface area contributed by atoms with E-state index in [9.17, 15) is 4.79 Å². The maximum atomic E-state index is 11.5. The number of esters is 1. The third-order valence-corrected chi connectivity index (χ3v) is 2.37. The first kappa shape index (κ1) is 9.71. The van der Waals surface area contributed by atoms with Gasteiger partial charge in [-0.05, 0) is 18.6 Å². The highest BCUT2D eigenvalue weighted by atomic mass is 16.5. The molecule has 78 valence electrons. The first-order chi connectivity index (χ1) is 7.13. The summed E-state index contributed by atoms with van der Waals surface area (Å²) in [6, 6.07) is 5.79. The summed E-state index contributed by atoms with van der Waals surface area (Å²) in [4.78, 5) is 11.5. The Labute approximate surface area is 87.5 Å². The molecule has 4 heteroatoms. The van der Waals surface area contributed by atoms with Crippen molar-refractivity contribution in [2.75, 3.05) is 7.11 Å². The highest BCUT2D eigenvalue weighted by Crippen LogP contribution is 2.19. The summed E-state index contributed by atoms with van der Waals surface area (Å²) >= 11 is 0. The van der Waals surface area contributed by atoms with Gasteiger partial charge in [-0.25, -0.2) is 4.79 Å². The molecule has 0 bridgehead atoms. The molecule has 0 radical (unpaired) electrons. The van der Waals surface area contributed by atoms with Gasteiger partial charge in [-0.2, -0.15) is 5.10 Å². The fraction of sp³-hybridized carbons (Fsp3) is 0.273. The highest BCUT2D eigenvalue weighted by Gasteiger charge is 2.16. The maximum absolute atomic E-state index is 11.5. The normalized spacial score (nSPS) is 10.6. The van der Waals surface area contributed by atoms with E-state index in [1.165, 1.54) is 7.11 Å². The predicted octanol–water partition coefficient (Wildman–Crippen LogP) is 1.67. The molecule has 1 aromatic carbocycles. The Morgan fingerprint density at radius 3 is 2.87 bits per heavy atom. The van der Waals surface area contributed by atoms with Crippen molar-refractivity contribution >= 4 is 16.9 Å². The van der Waals surface area contributed by atoms with Crippen LogP contribution in [0.1, 0.15) is 16.1 Å². The smallest absolute Gasteiger partial charge is 0.356 e. The van der Waals surface area contributed by atoms with Crippen molar-refractivity contribution in [2.45, 2.75) is 6.92 Å². The first-order valence-corrected chi connectivity index (χ1v) is 4.65. The number of aryl methyl sites for hydroxylation is 2. The molecule has 0 aliphatic rings. The number of hydrogen-bond donors (Lipinski definition) is 0. The van der Waals surface area contributed by atoms with Crippen LogP contribution in [-0.4, -0.2) is 22.9 Å². The molecule has 4 nitrogen and oxygen atoms in total. The van der Waals surface area contributed by atoms with Crippen molar-refractivity contribution in [3.05, 3.63) is 29.5 Å². The molecule has 0 atom stereocenters. The molecule has 0 amide bonds. The lowest BCUT2D eigenvalue weighted by Crippen LogP contribution is -2.08. The highest BCUT2D eigenvalue weighted by molar-refractivity contribution is 6.02. The van der Waals surface area contributed by atoms with Crippen LogP contribution in [0.2, 0.25) is 0 Å². The summed E-state index contributed by atoms with van der Waals surface area (Å²) < 4.78 is 6.27. The molecule has 0 aliphatic heterocycles. The second kappa shape index (κ2) is 3.38. The van der Waals surface area contributed by atoms with Crippen molar-refractivity contribution in [3.8, 4) is 0 Å². The van der Waals surface area contributed by atoms with Crippen molar-refractivity contribution in [1.82, 2.24) is 9.78 Å². The molecule has 1 aromatic heterocycles. The maximum Gasteiger partial charge on any atom is 0.356 e. The van der Waals surface area contributed by atoms with Gasteiger partial charge in [-0.1, -0.05) is 12.1 Å². The molecule has 1 heterocycles. The zero-order valence-electron chi connectivity index (χ0n) is 8.94. The van der Waals surface area contributed by atoms with E-state index in [2.05, 4.69) is 5.10 Å². The minimum absolute atomic E-state index is 0.358. The average Bonchev–Trinajstić information content (AvgIpc) is 2.52. The van der Waals surface area contributed by atoms with E-state index in [-0.39, 0.29) is 5.97 Å². The Morgan fingerprint density at radius 1 is 1.47 bits per heavy atom.